The third kappa shape index (κ3) is 11.1. The minimum atomic E-state index is -1.87. The van der Waals surface area contributed by atoms with Gasteiger partial charge in [0.1, 0.15) is 0 Å². The first kappa shape index (κ1) is 29.4. The van der Waals surface area contributed by atoms with Crippen molar-refractivity contribution in [3.63, 3.8) is 0 Å². The van der Waals surface area contributed by atoms with Crippen molar-refractivity contribution in [1.82, 2.24) is 0 Å². The molecule has 0 heterocycles. The Bertz CT molecular complexity index is 630. The maximum absolute atomic E-state index is 12.0. The monoisotopic (exact) mass is 460 g/mol. The number of carboxylic acids is 5. The van der Waals surface area contributed by atoms with E-state index in [2.05, 4.69) is 0 Å². The number of unbranched alkanes of at least 4 members (excludes halogenated alkanes) is 7. The van der Waals surface area contributed by atoms with Crippen LogP contribution < -0.4 is 0 Å². The van der Waals surface area contributed by atoms with Crippen molar-refractivity contribution < 1.29 is 49.5 Å². The second-order valence-electron chi connectivity index (χ2n) is 8.17. The van der Waals surface area contributed by atoms with Crippen molar-refractivity contribution in [3.05, 3.63) is 0 Å². The van der Waals surface area contributed by atoms with E-state index in [4.69, 9.17) is 5.11 Å². The topological polar surface area (TPSA) is 186 Å². The van der Waals surface area contributed by atoms with Gasteiger partial charge >= 0.3 is 29.8 Å². The molecule has 0 saturated carbocycles. The molecule has 0 aromatic heterocycles. The fourth-order valence-corrected chi connectivity index (χ4v) is 4.03. The smallest absolute Gasteiger partial charge is 0.308 e. The van der Waals surface area contributed by atoms with Gasteiger partial charge < -0.3 is 25.5 Å². The molecule has 0 spiro atoms. The van der Waals surface area contributed by atoms with E-state index in [1.165, 1.54) is 0 Å². The third-order valence-electron chi connectivity index (χ3n) is 5.73. The van der Waals surface area contributed by atoms with Crippen LogP contribution in [-0.2, 0) is 24.0 Å². The lowest BCUT2D eigenvalue weighted by atomic mass is 9.71. The summed E-state index contributed by atoms with van der Waals surface area (Å²) in [5, 5.41) is 47.2. The number of aliphatic carboxylic acids is 5. The first-order valence-corrected chi connectivity index (χ1v) is 11.2. The summed E-state index contributed by atoms with van der Waals surface area (Å²) < 4.78 is 0. The Balaban J connectivity index is 5.37. The Morgan fingerprint density at radius 2 is 0.906 bits per heavy atom. The number of carboxylic acid groups (broad SMARTS) is 5. The summed E-state index contributed by atoms with van der Waals surface area (Å²) >= 11 is 0. The maximum Gasteiger partial charge on any atom is 0.308 e. The summed E-state index contributed by atoms with van der Waals surface area (Å²) in [6.45, 7) is 1.96. The lowest BCUT2D eigenvalue weighted by molar-refractivity contribution is -0.168. The second kappa shape index (κ2) is 16.0. The predicted octanol–water partition coefficient (Wildman–Crippen LogP) is 3.58. The van der Waals surface area contributed by atoms with Crippen molar-refractivity contribution in [2.75, 3.05) is 0 Å². The highest BCUT2D eigenvalue weighted by Crippen LogP contribution is 2.35. The molecule has 0 radical (unpaired) electrons. The van der Waals surface area contributed by atoms with Crippen molar-refractivity contribution in [2.45, 2.75) is 84.0 Å². The van der Waals surface area contributed by atoms with Gasteiger partial charge in [-0.3, -0.25) is 24.0 Å². The molecule has 10 nitrogen and oxygen atoms in total. The predicted molar refractivity (Wildman–Crippen MR) is 113 cm³/mol. The SMILES string of the molecule is CCCCCCC(C(=O)O)C(C(=O)O)C(C(=O)O)C(CCCCCCCC(=O)O)C(=O)O. The normalized spacial score (nSPS) is 14.8. The Kier molecular flexibility index (Phi) is 14.7. The minimum absolute atomic E-state index is 0.0357. The van der Waals surface area contributed by atoms with E-state index in [9.17, 15) is 44.4 Å². The molecule has 10 heteroatoms. The van der Waals surface area contributed by atoms with E-state index >= 15 is 0 Å². The number of hydrogen-bond donors (Lipinski definition) is 5. The van der Waals surface area contributed by atoms with Crippen LogP contribution in [0.5, 0.6) is 0 Å². The fraction of sp³-hybridized carbons (Fsp3) is 0.773. The summed E-state index contributed by atoms with van der Waals surface area (Å²) in [7, 11) is 0. The van der Waals surface area contributed by atoms with E-state index in [0.717, 1.165) is 12.8 Å². The highest BCUT2D eigenvalue weighted by atomic mass is 16.4. The van der Waals surface area contributed by atoms with Gasteiger partial charge in [0.2, 0.25) is 0 Å². The average Bonchev–Trinajstić information content (AvgIpc) is 2.68. The summed E-state index contributed by atoms with van der Waals surface area (Å²) in [6, 6.07) is 0. The highest BCUT2D eigenvalue weighted by molar-refractivity contribution is 5.88. The average molecular weight is 461 g/mol. The summed E-state index contributed by atoms with van der Waals surface area (Å²) in [5.41, 5.74) is 0. The van der Waals surface area contributed by atoms with Crippen LogP contribution in [0.2, 0.25) is 0 Å². The van der Waals surface area contributed by atoms with Crippen LogP contribution in [0, 0.1) is 23.7 Å². The van der Waals surface area contributed by atoms with E-state index in [0.29, 0.717) is 44.9 Å². The van der Waals surface area contributed by atoms with E-state index in [1.807, 2.05) is 6.92 Å². The van der Waals surface area contributed by atoms with Gasteiger partial charge in [0.05, 0.1) is 23.7 Å². The van der Waals surface area contributed by atoms with E-state index in [1.54, 1.807) is 0 Å². The quantitative estimate of drug-likeness (QED) is 0.168. The van der Waals surface area contributed by atoms with Crippen LogP contribution in [0.25, 0.3) is 0 Å². The first-order valence-electron chi connectivity index (χ1n) is 11.2. The molecule has 0 aromatic carbocycles. The molecule has 5 N–H and O–H groups in total. The summed E-state index contributed by atoms with van der Waals surface area (Å²) in [6.07, 6.45) is 5.29. The minimum Gasteiger partial charge on any atom is -0.481 e. The van der Waals surface area contributed by atoms with Gasteiger partial charge in [-0.15, -0.1) is 0 Å². The van der Waals surface area contributed by atoms with E-state index in [-0.39, 0.29) is 19.3 Å². The second-order valence-corrected chi connectivity index (χ2v) is 8.17. The van der Waals surface area contributed by atoms with E-state index < -0.39 is 53.5 Å². The summed E-state index contributed by atoms with van der Waals surface area (Å²) in [5.74, 6) is -13.8. The van der Waals surface area contributed by atoms with Gasteiger partial charge in [-0.2, -0.15) is 0 Å². The molecule has 184 valence electrons. The lowest BCUT2D eigenvalue weighted by Crippen LogP contribution is -2.44. The Morgan fingerprint density at radius 3 is 1.25 bits per heavy atom. The van der Waals surface area contributed by atoms with Gasteiger partial charge in [-0.1, -0.05) is 58.3 Å². The number of hydrogen-bond acceptors (Lipinski definition) is 5. The molecule has 0 saturated heterocycles. The fourth-order valence-electron chi connectivity index (χ4n) is 4.03. The molecule has 0 aliphatic rings. The van der Waals surface area contributed by atoms with Gasteiger partial charge in [-0.25, -0.2) is 0 Å². The van der Waals surface area contributed by atoms with Crippen LogP contribution in [0.3, 0.4) is 0 Å². The van der Waals surface area contributed by atoms with Gasteiger partial charge in [-0.05, 0) is 19.3 Å². The molecule has 4 atom stereocenters. The Hall–Kier alpha value is -2.65. The largest absolute Gasteiger partial charge is 0.481 e. The molecule has 32 heavy (non-hydrogen) atoms. The van der Waals surface area contributed by atoms with Gasteiger partial charge in [0.15, 0.2) is 0 Å². The molecule has 0 aliphatic carbocycles. The standard InChI is InChI=1S/C22H36O10/c1-2-3-4-8-11-14(19(25)26)17(21(29)30)18(22(31)32)15(20(27)28)12-9-6-5-7-10-13-16(23)24/h14-15,17-18H,2-13H2,1H3,(H,23,24)(H,25,26)(H,27,28)(H,29,30)(H,31,32). The molecule has 4 unspecified atom stereocenters. The highest BCUT2D eigenvalue weighted by Gasteiger charge is 2.48. The van der Waals surface area contributed by atoms with Crippen LogP contribution >= 0.6 is 0 Å². The Morgan fingerprint density at radius 1 is 0.531 bits per heavy atom. The molecular weight excluding hydrogens is 424 g/mol. The van der Waals surface area contributed by atoms with Crippen LogP contribution in [0.15, 0.2) is 0 Å². The van der Waals surface area contributed by atoms with Crippen LogP contribution in [0.1, 0.15) is 84.0 Å². The van der Waals surface area contributed by atoms with Gasteiger partial charge in [0.25, 0.3) is 0 Å². The zero-order valence-electron chi connectivity index (χ0n) is 18.6. The zero-order chi connectivity index (χ0) is 24.7. The van der Waals surface area contributed by atoms with Crippen LogP contribution in [0.4, 0.5) is 0 Å². The molecule has 0 rings (SSSR count). The third-order valence-corrected chi connectivity index (χ3v) is 5.73. The van der Waals surface area contributed by atoms with Crippen molar-refractivity contribution in [2.24, 2.45) is 23.7 Å². The molecule has 0 fully saturated rings. The molecule has 0 amide bonds. The molecule has 0 aromatic rings. The number of rotatable bonds is 20. The summed E-state index contributed by atoms with van der Waals surface area (Å²) in [4.78, 5) is 58.0. The first-order chi connectivity index (χ1) is 15.0. The lowest BCUT2D eigenvalue weighted by Gasteiger charge is -2.30. The maximum atomic E-state index is 12.0. The van der Waals surface area contributed by atoms with Gasteiger partial charge in [0, 0.05) is 6.42 Å². The molecular formula is C22H36O10. The molecule has 0 aliphatic heterocycles. The number of carbonyl (C=O) groups is 5. The van der Waals surface area contributed by atoms with Crippen molar-refractivity contribution in [3.8, 4) is 0 Å². The zero-order valence-corrected chi connectivity index (χ0v) is 18.6. The van der Waals surface area contributed by atoms with Crippen molar-refractivity contribution in [1.29, 1.82) is 0 Å². The molecule has 0 bridgehead atoms. The van der Waals surface area contributed by atoms with Crippen LogP contribution in [-0.4, -0.2) is 55.4 Å². The Labute approximate surface area is 187 Å². The van der Waals surface area contributed by atoms with Crippen molar-refractivity contribution >= 4 is 29.8 Å².